The summed E-state index contributed by atoms with van der Waals surface area (Å²) in [5.41, 5.74) is -0.207. The number of likely N-dealkylation sites (tertiary alicyclic amines) is 1. The van der Waals surface area contributed by atoms with Crippen LogP contribution in [0.25, 0.3) is 0 Å². The number of hydrogen-bond acceptors (Lipinski definition) is 4. The molecule has 0 spiro atoms. The smallest absolute Gasteiger partial charge is 0.274 e. The lowest BCUT2D eigenvalue weighted by Crippen LogP contribution is -2.63. The summed E-state index contributed by atoms with van der Waals surface area (Å²) in [6, 6.07) is 3.41. The van der Waals surface area contributed by atoms with Crippen molar-refractivity contribution >= 4 is 11.8 Å². The largest absolute Gasteiger partial charge is 0.387 e. The van der Waals surface area contributed by atoms with Crippen LogP contribution in [0, 0.1) is 0 Å². The van der Waals surface area contributed by atoms with Crippen molar-refractivity contribution in [2.24, 2.45) is 7.05 Å². The van der Waals surface area contributed by atoms with E-state index in [1.807, 2.05) is 11.8 Å². The van der Waals surface area contributed by atoms with Crippen molar-refractivity contribution in [2.75, 3.05) is 19.6 Å². The van der Waals surface area contributed by atoms with E-state index in [-0.39, 0.29) is 12.5 Å². The zero-order valence-electron chi connectivity index (χ0n) is 11.9. The average molecular weight is 279 g/mol. The molecule has 6 heteroatoms. The predicted molar refractivity (Wildman–Crippen MR) is 74.2 cm³/mol. The number of nitrogens with zero attached hydrogens (tertiary/aromatic N) is 2. The third-order valence-corrected chi connectivity index (χ3v) is 3.55. The number of aromatic nitrogens is 1. The van der Waals surface area contributed by atoms with Gasteiger partial charge in [-0.3, -0.25) is 19.8 Å². The maximum absolute atomic E-state index is 11.8. The van der Waals surface area contributed by atoms with E-state index in [9.17, 15) is 14.7 Å². The van der Waals surface area contributed by atoms with Crippen LogP contribution in [-0.4, -0.2) is 51.6 Å². The zero-order chi connectivity index (χ0) is 14.8. The van der Waals surface area contributed by atoms with E-state index in [2.05, 4.69) is 5.32 Å². The van der Waals surface area contributed by atoms with Crippen LogP contribution in [0.4, 0.5) is 0 Å². The van der Waals surface area contributed by atoms with Gasteiger partial charge in [-0.2, -0.15) is 0 Å². The number of aryl methyl sites for hydroxylation is 1. The normalized spacial score (nSPS) is 17.6. The number of rotatable bonds is 5. The Kier molecular flexibility index (Phi) is 4.25. The molecule has 2 heterocycles. The summed E-state index contributed by atoms with van der Waals surface area (Å²) < 4.78 is 1.66. The van der Waals surface area contributed by atoms with Crippen LogP contribution in [-0.2, 0) is 11.8 Å². The molecule has 0 saturated carbocycles. The van der Waals surface area contributed by atoms with Crippen molar-refractivity contribution in [3.63, 3.8) is 0 Å². The maximum atomic E-state index is 11.8. The molecule has 0 unspecified atom stereocenters. The standard InChI is InChI=1S/C14H21N3O3/c1-3-6-14(20)9-17(10-14)8-12(18)15-13(19)11-5-4-7-16(11)2/h4-5,7,20H,3,6,8-10H2,1-2H3,(H,15,18,19). The molecule has 0 radical (unpaired) electrons. The van der Waals surface area contributed by atoms with Gasteiger partial charge in [-0.25, -0.2) is 0 Å². The van der Waals surface area contributed by atoms with Gasteiger partial charge in [0, 0.05) is 26.3 Å². The molecule has 0 atom stereocenters. The van der Waals surface area contributed by atoms with Gasteiger partial charge in [-0.15, -0.1) is 0 Å². The molecule has 1 fully saturated rings. The van der Waals surface area contributed by atoms with Gasteiger partial charge in [0.2, 0.25) is 5.91 Å². The summed E-state index contributed by atoms with van der Waals surface area (Å²) in [4.78, 5) is 25.4. The molecular weight excluding hydrogens is 258 g/mol. The number of aliphatic hydroxyl groups is 1. The topological polar surface area (TPSA) is 74.6 Å². The van der Waals surface area contributed by atoms with Crippen LogP contribution in [0.2, 0.25) is 0 Å². The molecule has 2 amide bonds. The van der Waals surface area contributed by atoms with Crippen molar-refractivity contribution < 1.29 is 14.7 Å². The maximum Gasteiger partial charge on any atom is 0.274 e. The Hall–Kier alpha value is -1.66. The molecular formula is C14H21N3O3. The summed E-state index contributed by atoms with van der Waals surface area (Å²) in [6.07, 6.45) is 3.41. The number of carbonyl (C=O) groups excluding carboxylic acids is 2. The molecule has 0 aliphatic carbocycles. The minimum absolute atomic E-state index is 0.141. The van der Waals surface area contributed by atoms with E-state index in [4.69, 9.17) is 0 Å². The molecule has 110 valence electrons. The first-order valence-corrected chi connectivity index (χ1v) is 6.84. The van der Waals surface area contributed by atoms with Crippen LogP contribution in [0.5, 0.6) is 0 Å². The van der Waals surface area contributed by atoms with Gasteiger partial charge < -0.3 is 9.67 Å². The highest BCUT2D eigenvalue weighted by molar-refractivity contribution is 6.04. The van der Waals surface area contributed by atoms with Crippen LogP contribution >= 0.6 is 0 Å². The number of carbonyl (C=O) groups is 2. The number of nitrogens with one attached hydrogen (secondary N) is 1. The van der Waals surface area contributed by atoms with Gasteiger partial charge >= 0.3 is 0 Å². The van der Waals surface area contributed by atoms with Gasteiger partial charge in [-0.05, 0) is 18.6 Å². The van der Waals surface area contributed by atoms with E-state index < -0.39 is 11.5 Å². The summed E-state index contributed by atoms with van der Waals surface area (Å²) in [6.45, 7) is 3.15. The molecule has 0 aromatic carbocycles. The van der Waals surface area contributed by atoms with Gasteiger partial charge in [0.05, 0.1) is 12.1 Å². The number of imide groups is 1. The van der Waals surface area contributed by atoms with Crippen LogP contribution in [0.3, 0.4) is 0 Å². The SMILES string of the molecule is CCCC1(O)CN(CC(=O)NC(=O)c2cccn2C)C1. The molecule has 1 aliphatic rings. The van der Waals surface area contributed by atoms with Crippen molar-refractivity contribution in [1.82, 2.24) is 14.8 Å². The summed E-state index contributed by atoms with van der Waals surface area (Å²) in [7, 11) is 1.75. The molecule has 1 saturated heterocycles. The van der Waals surface area contributed by atoms with Crippen molar-refractivity contribution in [2.45, 2.75) is 25.4 Å². The Balaban J connectivity index is 1.77. The van der Waals surface area contributed by atoms with Gasteiger partial charge in [-0.1, -0.05) is 13.3 Å². The van der Waals surface area contributed by atoms with E-state index >= 15 is 0 Å². The second kappa shape index (κ2) is 5.76. The highest BCUT2D eigenvalue weighted by atomic mass is 16.3. The van der Waals surface area contributed by atoms with Crippen molar-refractivity contribution in [3.05, 3.63) is 24.0 Å². The van der Waals surface area contributed by atoms with Crippen LogP contribution in [0.15, 0.2) is 18.3 Å². The molecule has 1 aliphatic heterocycles. The first-order valence-electron chi connectivity index (χ1n) is 6.84. The average Bonchev–Trinajstić information content (AvgIpc) is 2.73. The first kappa shape index (κ1) is 14.7. The quantitative estimate of drug-likeness (QED) is 0.803. The number of β-amino-alcohol motifs (C(OH)–C–C–N with tert-alkyl or cyclic N) is 1. The Morgan fingerprint density at radius 3 is 2.70 bits per heavy atom. The molecule has 20 heavy (non-hydrogen) atoms. The van der Waals surface area contributed by atoms with Gasteiger partial charge in [0.25, 0.3) is 5.91 Å². The minimum atomic E-state index is -0.656. The molecule has 0 bridgehead atoms. The third kappa shape index (κ3) is 3.26. The fraction of sp³-hybridized carbons (Fsp3) is 0.571. The summed E-state index contributed by atoms with van der Waals surface area (Å²) in [5.74, 6) is -0.735. The van der Waals surface area contributed by atoms with E-state index in [1.54, 1.807) is 29.9 Å². The third-order valence-electron chi connectivity index (χ3n) is 3.55. The fourth-order valence-corrected chi connectivity index (χ4v) is 2.65. The Morgan fingerprint density at radius 2 is 2.15 bits per heavy atom. The van der Waals surface area contributed by atoms with E-state index in [1.165, 1.54) is 0 Å². The van der Waals surface area contributed by atoms with Gasteiger partial charge in [0.15, 0.2) is 0 Å². The Morgan fingerprint density at radius 1 is 1.45 bits per heavy atom. The summed E-state index contributed by atoms with van der Waals surface area (Å²) in [5, 5.41) is 12.4. The minimum Gasteiger partial charge on any atom is -0.387 e. The monoisotopic (exact) mass is 279 g/mol. The highest BCUT2D eigenvalue weighted by Gasteiger charge is 2.40. The Labute approximate surface area is 118 Å². The molecule has 1 aromatic rings. The second-order valence-electron chi connectivity index (χ2n) is 5.50. The van der Waals surface area contributed by atoms with Crippen molar-refractivity contribution in [3.8, 4) is 0 Å². The van der Waals surface area contributed by atoms with E-state index in [0.29, 0.717) is 18.8 Å². The number of amides is 2. The molecule has 2 rings (SSSR count). The predicted octanol–water partition coefficient (Wildman–Crippen LogP) is 0.128. The van der Waals surface area contributed by atoms with Crippen molar-refractivity contribution in [1.29, 1.82) is 0 Å². The zero-order valence-corrected chi connectivity index (χ0v) is 11.9. The first-order chi connectivity index (χ1) is 9.43. The van der Waals surface area contributed by atoms with Gasteiger partial charge in [0.1, 0.15) is 5.69 Å². The second-order valence-corrected chi connectivity index (χ2v) is 5.50. The van der Waals surface area contributed by atoms with Crippen LogP contribution in [0.1, 0.15) is 30.3 Å². The van der Waals surface area contributed by atoms with E-state index in [0.717, 1.165) is 12.8 Å². The van der Waals surface area contributed by atoms with Crippen LogP contribution < -0.4 is 5.32 Å². The molecule has 1 aromatic heterocycles. The molecule has 2 N–H and O–H groups in total. The lowest BCUT2D eigenvalue weighted by molar-refractivity contribution is -0.132. The lowest BCUT2D eigenvalue weighted by atomic mass is 9.89. The number of hydrogen-bond donors (Lipinski definition) is 2. The summed E-state index contributed by atoms with van der Waals surface area (Å²) >= 11 is 0. The lowest BCUT2D eigenvalue weighted by Gasteiger charge is -2.46. The molecule has 6 nitrogen and oxygen atoms in total. The fourth-order valence-electron chi connectivity index (χ4n) is 2.65. The highest BCUT2D eigenvalue weighted by Crippen LogP contribution is 2.25. The Bertz CT molecular complexity index is 504.